The van der Waals surface area contributed by atoms with Crippen LogP contribution in [0.1, 0.15) is 18.2 Å². The van der Waals surface area contributed by atoms with Crippen molar-refractivity contribution < 1.29 is 0 Å². The first kappa shape index (κ1) is 24.6. The van der Waals surface area contributed by atoms with Gasteiger partial charge in [0.25, 0.3) is 0 Å². The number of pyridine rings is 1. The molecule has 9 heteroatoms. The predicted molar refractivity (Wildman–Crippen MR) is 135 cm³/mol. The first-order valence-electron chi connectivity index (χ1n) is 11.1. The Labute approximate surface area is 199 Å². The zero-order chi connectivity index (χ0) is 23.8. The number of likely N-dealkylation sites (N-methyl/N-ethyl adjacent to an activating group) is 1. The maximum Gasteiger partial charge on any atom is 0.248 e. The van der Waals surface area contributed by atoms with Crippen LogP contribution in [-0.2, 0) is 0 Å². The number of aromatic nitrogens is 1. The Bertz CT molecular complexity index is 1070. The summed E-state index contributed by atoms with van der Waals surface area (Å²) in [6.45, 7) is 8.84. The number of nitrogens with one attached hydrogen (secondary N) is 3. The van der Waals surface area contributed by atoms with Crippen molar-refractivity contribution in [2.75, 3.05) is 45.8 Å². The molecule has 0 saturated carbocycles. The van der Waals surface area contributed by atoms with E-state index in [4.69, 9.17) is 28.5 Å². The summed E-state index contributed by atoms with van der Waals surface area (Å²) in [6.07, 6.45) is 0. The van der Waals surface area contributed by atoms with Crippen molar-refractivity contribution in [1.29, 1.82) is 5.41 Å². The predicted octanol–water partition coefficient (Wildman–Crippen LogP) is 1.71. The third-order valence-electron chi connectivity index (χ3n) is 5.75. The lowest BCUT2D eigenvalue weighted by atomic mass is 10.0. The van der Waals surface area contributed by atoms with Gasteiger partial charge in [0.1, 0.15) is 5.82 Å². The van der Waals surface area contributed by atoms with Crippen molar-refractivity contribution in [1.82, 2.24) is 20.1 Å². The van der Waals surface area contributed by atoms with Crippen molar-refractivity contribution in [3.05, 3.63) is 86.6 Å². The first-order valence-corrected chi connectivity index (χ1v) is 11.5. The molecule has 1 saturated heterocycles. The van der Waals surface area contributed by atoms with Gasteiger partial charge < -0.3 is 26.7 Å². The summed E-state index contributed by atoms with van der Waals surface area (Å²) < 4.78 is 0. The molecule has 3 rings (SSSR count). The minimum absolute atomic E-state index is 0.104. The number of nitrogens with two attached hydrogens (primary N) is 2. The van der Waals surface area contributed by atoms with Crippen LogP contribution in [0.4, 0.5) is 0 Å². The molecule has 176 valence electrons. The monoisotopic (exact) mass is 469 g/mol. The number of hydrogen-bond donors (Lipinski definition) is 5. The van der Waals surface area contributed by atoms with E-state index >= 15 is 0 Å². The number of nitrogens with zero attached hydrogens (tertiary/aromatic N) is 2. The third-order valence-corrected chi connectivity index (χ3v) is 6.14. The molecule has 0 aliphatic carbocycles. The van der Waals surface area contributed by atoms with E-state index in [1.165, 1.54) is 6.07 Å². The van der Waals surface area contributed by atoms with Gasteiger partial charge in [-0.1, -0.05) is 54.9 Å². The van der Waals surface area contributed by atoms with Gasteiger partial charge >= 0.3 is 0 Å². The number of halogens is 1. The molecule has 0 radical (unpaired) electrons. The number of aromatic amines is 1. The quantitative estimate of drug-likeness (QED) is 0.281. The summed E-state index contributed by atoms with van der Waals surface area (Å²) in [7, 11) is 0. The van der Waals surface area contributed by atoms with Crippen LogP contribution in [0, 0.1) is 5.41 Å². The smallest absolute Gasteiger partial charge is 0.248 e. The molecule has 1 fully saturated rings. The van der Waals surface area contributed by atoms with E-state index in [9.17, 15) is 4.79 Å². The van der Waals surface area contributed by atoms with Gasteiger partial charge in [0.15, 0.2) is 0 Å². The maximum absolute atomic E-state index is 11.7. The second kappa shape index (κ2) is 11.7. The van der Waals surface area contributed by atoms with E-state index in [-0.39, 0.29) is 27.8 Å². The van der Waals surface area contributed by atoms with E-state index in [0.717, 1.165) is 39.3 Å². The molecule has 33 heavy (non-hydrogen) atoms. The molecular formula is C24H32ClN7O. The third kappa shape index (κ3) is 6.47. The molecule has 1 aromatic heterocycles. The average Bonchev–Trinajstić information content (AvgIpc) is 2.84. The molecule has 7 N–H and O–H groups in total. The summed E-state index contributed by atoms with van der Waals surface area (Å²) in [5, 5.41) is 12.1. The summed E-state index contributed by atoms with van der Waals surface area (Å²) in [4.78, 5) is 19.2. The van der Waals surface area contributed by atoms with Gasteiger partial charge in [-0.25, -0.2) is 0 Å². The maximum atomic E-state index is 11.7. The van der Waals surface area contributed by atoms with Crippen LogP contribution in [0.3, 0.4) is 0 Å². The Kier molecular flexibility index (Phi) is 8.71. The summed E-state index contributed by atoms with van der Waals surface area (Å²) in [6, 6.07) is 13.8. The highest BCUT2D eigenvalue weighted by Crippen LogP contribution is 2.26. The fraction of sp³-hybridized carbons (Fsp3) is 0.333. The second-order valence-corrected chi connectivity index (χ2v) is 8.27. The van der Waals surface area contributed by atoms with Crippen molar-refractivity contribution in [2.24, 2.45) is 11.5 Å². The molecule has 0 amide bonds. The number of H-pyrrole nitrogens is 1. The van der Waals surface area contributed by atoms with Crippen LogP contribution in [0.5, 0.6) is 0 Å². The number of allylic oxidation sites excluding steroid dienone is 2. The molecule has 2 heterocycles. The van der Waals surface area contributed by atoms with Crippen LogP contribution in [-0.4, -0.2) is 66.3 Å². The van der Waals surface area contributed by atoms with Crippen LogP contribution < -0.4 is 22.3 Å². The first-order chi connectivity index (χ1) is 15.9. The largest absolute Gasteiger partial charge is 0.396 e. The Balaban J connectivity index is 1.84. The fourth-order valence-electron chi connectivity index (χ4n) is 3.74. The van der Waals surface area contributed by atoms with Crippen LogP contribution in [0.15, 0.2) is 69.8 Å². The highest BCUT2D eigenvalue weighted by atomic mass is 35.5. The summed E-state index contributed by atoms with van der Waals surface area (Å²) in [5.74, 6) is 0.266. The molecule has 0 unspecified atom stereocenters. The van der Waals surface area contributed by atoms with Gasteiger partial charge in [-0.15, -0.1) is 0 Å². The fourth-order valence-corrected chi connectivity index (χ4v) is 4.03. The Hall–Kier alpha value is -3.07. The van der Waals surface area contributed by atoms with Crippen LogP contribution in [0.25, 0.3) is 5.70 Å². The highest BCUT2D eigenvalue weighted by molar-refractivity contribution is 6.39. The molecule has 2 aromatic rings. The topological polar surface area (TPSA) is 127 Å². The Morgan fingerprint density at radius 3 is 2.36 bits per heavy atom. The van der Waals surface area contributed by atoms with Crippen LogP contribution >= 0.6 is 11.6 Å². The lowest BCUT2D eigenvalue weighted by molar-refractivity contribution is 0.138. The molecule has 0 bridgehead atoms. The van der Waals surface area contributed by atoms with Crippen LogP contribution in [0.2, 0.25) is 0 Å². The molecule has 1 aliphatic rings. The van der Waals surface area contributed by atoms with Gasteiger partial charge in [-0.2, -0.15) is 0 Å². The molecular weight excluding hydrogens is 438 g/mol. The van der Waals surface area contributed by atoms with Crippen molar-refractivity contribution in [2.45, 2.75) is 6.92 Å². The zero-order valence-corrected chi connectivity index (χ0v) is 19.7. The highest BCUT2D eigenvalue weighted by Gasteiger charge is 2.20. The van der Waals surface area contributed by atoms with E-state index < -0.39 is 0 Å². The summed E-state index contributed by atoms with van der Waals surface area (Å²) >= 11 is 6.68. The van der Waals surface area contributed by atoms with Crippen molar-refractivity contribution in [3.8, 4) is 0 Å². The Morgan fingerprint density at radius 1 is 1.06 bits per heavy atom. The normalized spacial score (nSPS) is 16.7. The molecule has 0 spiro atoms. The molecule has 1 aromatic carbocycles. The summed E-state index contributed by atoms with van der Waals surface area (Å²) in [5.41, 5.74) is 14.0. The van der Waals surface area contributed by atoms with Crippen molar-refractivity contribution >= 4 is 23.0 Å². The van der Waals surface area contributed by atoms with Gasteiger partial charge in [0.05, 0.1) is 27.7 Å². The minimum Gasteiger partial charge on any atom is -0.396 e. The molecule has 8 nitrogen and oxygen atoms in total. The number of benzene rings is 1. The van der Waals surface area contributed by atoms with Gasteiger partial charge in [-0.3, -0.25) is 15.1 Å². The number of piperazine rings is 1. The SMILES string of the molecule is CCN1CCN(CCN/C(N)=C(C(=N)c2ccccc2)/C(Cl)=C(\N)c2cccc(=O)[nH]2)CC1. The van der Waals surface area contributed by atoms with E-state index in [2.05, 4.69) is 27.0 Å². The van der Waals surface area contributed by atoms with Gasteiger partial charge in [0.2, 0.25) is 5.56 Å². The molecule has 0 atom stereocenters. The van der Waals surface area contributed by atoms with Gasteiger partial charge in [-0.05, 0) is 12.6 Å². The number of rotatable bonds is 9. The van der Waals surface area contributed by atoms with E-state index in [1.54, 1.807) is 12.1 Å². The lowest BCUT2D eigenvalue weighted by Gasteiger charge is -2.34. The molecule has 1 aliphatic heterocycles. The number of hydrogen-bond acceptors (Lipinski definition) is 7. The zero-order valence-electron chi connectivity index (χ0n) is 18.9. The lowest BCUT2D eigenvalue weighted by Crippen LogP contribution is -2.48. The van der Waals surface area contributed by atoms with Crippen molar-refractivity contribution in [3.63, 3.8) is 0 Å². The van der Waals surface area contributed by atoms with E-state index in [0.29, 0.717) is 23.4 Å². The minimum atomic E-state index is -0.294. The second-order valence-electron chi connectivity index (χ2n) is 7.89. The standard InChI is InChI=1S/C24H32ClN7O/c1-2-31-13-15-32(16-14-31)12-11-29-24(28)20(22(26)17-7-4-3-5-8-17)21(25)23(27)18-9-6-10-19(33)30-18/h3-10,26,29H,2,11-16,27-28H2,1H3,(H,30,33)/b23-21+,24-20-,26-22?. The van der Waals surface area contributed by atoms with E-state index in [1.807, 2.05) is 30.3 Å². The Morgan fingerprint density at radius 2 is 1.73 bits per heavy atom. The average molecular weight is 470 g/mol. The van der Waals surface area contributed by atoms with Gasteiger partial charge in [0, 0.05) is 50.9 Å².